The first-order chi connectivity index (χ1) is 17.0. The lowest BCUT2D eigenvalue weighted by molar-refractivity contribution is -0.122. The summed E-state index contributed by atoms with van der Waals surface area (Å²) in [5.74, 6) is 0.270. The van der Waals surface area contributed by atoms with Gasteiger partial charge < -0.3 is 9.47 Å². The molecule has 178 valence electrons. The molecular formula is C27H23BrN2O4S. The molecule has 4 rings (SSSR count). The van der Waals surface area contributed by atoms with E-state index in [1.165, 1.54) is 18.9 Å². The Kier molecular flexibility index (Phi) is 8.05. The zero-order valence-corrected chi connectivity index (χ0v) is 21.6. The van der Waals surface area contributed by atoms with E-state index in [2.05, 4.69) is 20.9 Å². The summed E-state index contributed by atoms with van der Waals surface area (Å²) in [7, 11) is 1.34. The maximum atomic E-state index is 12.9. The quantitative estimate of drug-likeness (QED) is 0.250. The molecule has 0 saturated carbocycles. The number of nitrogens with zero attached hydrogens (tertiary/aromatic N) is 2. The van der Waals surface area contributed by atoms with Gasteiger partial charge in [0.2, 0.25) is 0 Å². The molecule has 0 bridgehead atoms. The highest BCUT2D eigenvalue weighted by Crippen LogP contribution is 2.34. The Morgan fingerprint density at radius 3 is 2.34 bits per heavy atom. The molecule has 0 N–H and O–H groups in total. The van der Waals surface area contributed by atoms with Crippen molar-refractivity contribution >= 4 is 56.5 Å². The van der Waals surface area contributed by atoms with Gasteiger partial charge in [-0.05, 0) is 84.4 Å². The van der Waals surface area contributed by atoms with Crippen LogP contribution in [0.5, 0.6) is 5.75 Å². The molecule has 1 fully saturated rings. The predicted molar refractivity (Wildman–Crippen MR) is 143 cm³/mol. The van der Waals surface area contributed by atoms with Gasteiger partial charge in [0.25, 0.3) is 5.91 Å². The van der Waals surface area contributed by atoms with Gasteiger partial charge in [0, 0.05) is 11.0 Å². The molecule has 0 spiro atoms. The Bertz CT molecular complexity index is 1270. The van der Waals surface area contributed by atoms with E-state index in [4.69, 9.17) is 9.47 Å². The van der Waals surface area contributed by atoms with E-state index < -0.39 is 5.97 Å². The van der Waals surface area contributed by atoms with Crippen molar-refractivity contribution in [2.24, 2.45) is 4.99 Å². The minimum absolute atomic E-state index is 0.0852. The molecular weight excluding hydrogens is 528 g/mol. The fourth-order valence-corrected chi connectivity index (χ4v) is 4.66. The number of hydrogen-bond donors (Lipinski definition) is 0. The van der Waals surface area contributed by atoms with Gasteiger partial charge >= 0.3 is 5.97 Å². The van der Waals surface area contributed by atoms with Crippen molar-refractivity contribution in [1.29, 1.82) is 0 Å². The molecule has 1 amide bonds. The SMILES string of the molecule is CCN1C(=O)C(=Cc2ccc(OCc3ccc(Br)cc3)cc2)SC1=Nc1ccc(C(=O)OC)cc1. The van der Waals surface area contributed by atoms with E-state index in [9.17, 15) is 9.59 Å². The van der Waals surface area contributed by atoms with Crippen molar-refractivity contribution in [3.05, 3.63) is 98.9 Å². The number of aliphatic imine (C=N–C) groups is 1. The second-order valence-corrected chi connectivity index (χ2v) is 9.50. The minimum atomic E-state index is -0.403. The molecule has 1 saturated heterocycles. The highest BCUT2D eigenvalue weighted by molar-refractivity contribution is 9.10. The number of amidine groups is 1. The van der Waals surface area contributed by atoms with Gasteiger partial charge in [-0.1, -0.05) is 40.2 Å². The van der Waals surface area contributed by atoms with Crippen molar-refractivity contribution in [3.8, 4) is 5.75 Å². The normalized spacial score (nSPS) is 15.6. The van der Waals surface area contributed by atoms with Gasteiger partial charge in [-0.15, -0.1) is 0 Å². The number of rotatable bonds is 7. The lowest BCUT2D eigenvalue weighted by atomic mass is 10.2. The van der Waals surface area contributed by atoms with Crippen LogP contribution in [-0.4, -0.2) is 35.6 Å². The van der Waals surface area contributed by atoms with Crippen LogP contribution in [0, 0.1) is 0 Å². The molecule has 1 heterocycles. The number of esters is 1. The number of halogens is 1. The van der Waals surface area contributed by atoms with Crippen LogP contribution in [0.25, 0.3) is 6.08 Å². The smallest absolute Gasteiger partial charge is 0.337 e. The van der Waals surface area contributed by atoms with Gasteiger partial charge in [0.05, 0.1) is 23.3 Å². The summed E-state index contributed by atoms with van der Waals surface area (Å²) in [4.78, 5) is 31.4. The van der Waals surface area contributed by atoms with E-state index in [1.807, 2.05) is 61.5 Å². The van der Waals surface area contributed by atoms with Gasteiger partial charge in [-0.2, -0.15) is 0 Å². The Morgan fingerprint density at radius 2 is 1.71 bits per heavy atom. The summed E-state index contributed by atoms with van der Waals surface area (Å²) < 4.78 is 11.6. The number of thioether (sulfide) groups is 1. The van der Waals surface area contributed by atoms with Crippen LogP contribution in [0.1, 0.15) is 28.4 Å². The molecule has 8 heteroatoms. The summed E-state index contributed by atoms with van der Waals surface area (Å²) in [6, 6.07) is 22.4. The number of benzene rings is 3. The fourth-order valence-electron chi connectivity index (χ4n) is 3.33. The Hall–Kier alpha value is -3.36. The summed E-state index contributed by atoms with van der Waals surface area (Å²) in [6.45, 7) is 2.90. The van der Waals surface area contributed by atoms with Crippen molar-refractivity contribution < 1.29 is 19.1 Å². The first-order valence-electron chi connectivity index (χ1n) is 10.9. The van der Waals surface area contributed by atoms with Crippen molar-refractivity contribution in [2.45, 2.75) is 13.5 Å². The number of hydrogen-bond acceptors (Lipinski definition) is 6. The van der Waals surface area contributed by atoms with E-state index in [1.54, 1.807) is 29.2 Å². The number of likely N-dealkylation sites (N-methyl/N-ethyl adjacent to an activating group) is 1. The van der Waals surface area contributed by atoms with Crippen molar-refractivity contribution in [1.82, 2.24) is 4.90 Å². The van der Waals surface area contributed by atoms with Crippen LogP contribution in [-0.2, 0) is 16.1 Å². The second-order valence-electron chi connectivity index (χ2n) is 7.58. The molecule has 1 aliphatic rings. The lowest BCUT2D eigenvalue weighted by Crippen LogP contribution is -2.28. The van der Waals surface area contributed by atoms with Crippen LogP contribution >= 0.6 is 27.7 Å². The van der Waals surface area contributed by atoms with E-state index >= 15 is 0 Å². The Balaban J connectivity index is 1.45. The largest absolute Gasteiger partial charge is 0.489 e. The zero-order valence-electron chi connectivity index (χ0n) is 19.2. The number of carbonyl (C=O) groups excluding carboxylic acids is 2. The number of ether oxygens (including phenoxy) is 2. The highest BCUT2D eigenvalue weighted by atomic mass is 79.9. The van der Waals surface area contributed by atoms with Crippen LogP contribution in [0.15, 0.2) is 87.2 Å². The average molecular weight is 551 g/mol. The molecule has 0 aliphatic carbocycles. The number of amides is 1. The minimum Gasteiger partial charge on any atom is -0.489 e. The molecule has 1 aliphatic heterocycles. The molecule has 6 nitrogen and oxygen atoms in total. The van der Waals surface area contributed by atoms with Crippen LogP contribution < -0.4 is 4.74 Å². The summed E-state index contributed by atoms with van der Waals surface area (Å²) in [5, 5.41) is 0.601. The maximum absolute atomic E-state index is 12.9. The average Bonchev–Trinajstić information content (AvgIpc) is 3.17. The number of methoxy groups -OCH3 is 1. The Morgan fingerprint density at radius 1 is 1.03 bits per heavy atom. The lowest BCUT2D eigenvalue weighted by Gasteiger charge is -2.12. The molecule has 0 radical (unpaired) electrons. The van der Waals surface area contributed by atoms with Crippen molar-refractivity contribution in [3.63, 3.8) is 0 Å². The summed E-state index contributed by atoms with van der Waals surface area (Å²) in [6.07, 6.45) is 1.86. The second kappa shape index (κ2) is 11.4. The molecule has 3 aromatic carbocycles. The van der Waals surface area contributed by atoms with E-state index in [0.29, 0.717) is 34.5 Å². The van der Waals surface area contributed by atoms with Crippen molar-refractivity contribution in [2.75, 3.05) is 13.7 Å². The Labute approximate surface area is 216 Å². The summed E-state index contributed by atoms with van der Waals surface area (Å²) >= 11 is 4.76. The monoisotopic (exact) mass is 550 g/mol. The van der Waals surface area contributed by atoms with Crippen LogP contribution in [0.3, 0.4) is 0 Å². The van der Waals surface area contributed by atoms with Crippen LogP contribution in [0.4, 0.5) is 5.69 Å². The van der Waals surface area contributed by atoms with Gasteiger partial charge in [-0.25, -0.2) is 9.79 Å². The third kappa shape index (κ3) is 6.21. The fraction of sp³-hybridized carbons (Fsp3) is 0.148. The predicted octanol–water partition coefficient (Wildman–Crippen LogP) is 6.44. The topological polar surface area (TPSA) is 68.2 Å². The third-order valence-corrected chi connectivity index (χ3v) is 6.75. The van der Waals surface area contributed by atoms with Gasteiger partial charge in [-0.3, -0.25) is 9.69 Å². The zero-order chi connectivity index (χ0) is 24.8. The van der Waals surface area contributed by atoms with Crippen LogP contribution in [0.2, 0.25) is 0 Å². The summed E-state index contributed by atoms with van der Waals surface area (Å²) in [5.41, 5.74) is 3.08. The number of carbonyl (C=O) groups is 2. The third-order valence-electron chi connectivity index (χ3n) is 5.21. The molecule has 0 unspecified atom stereocenters. The molecule has 0 atom stereocenters. The van der Waals surface area contributed by atoms with E-state index in [-0.39, 0.29) is 5.91 Å². The first-order valence-corrected chi connectivity index (χ1v) is 12.5. The first kappa shape index (κ1) is 24.8. The standard InChI is InChI=1S/C27H23BrN2O4S/c1-3-30-25(31)24(35-27(30)29-22-12-8-20(9-13-22)26(32)33-2)16-18-6-14-23(15-7-18)34-17-19-4-10-21(28)11-5-19/h4-16H,3,17H2,1-2H3. The maximum Gasteiger partial charge on any atom is 0.337 e. The molecule has 35 heavy (non-hydrogen) atoms. The molecule has 0 aromatic heterocycles. The highest BCUT2D eigenvalue weighted by Gasteiger charge is 2.32. The van der Waals surface area contributed by atoms with Gasteiger partial charge in [0.1, 0.15) is 12.4 Å². The molecule has 3 aromatic rings. The van der Waals surface area contributed by atoms with Gasteiger partial charge in [0.15, 0.2) is 5.17 Å². The van der Waals surface area contributed by atoms with E-state index in [0.717, 1.165) is 21.3 Å².